The van der Waals surface area contributed by atoms with E-state index < -0.39 is 0 Å². The summed E-state index contributed by atoms with van der Waals surface area (Å²) in [5.74, 6) is 0.494. The lowest BCUT2D eigenvalue weighted by molar-refractivity contribution is 0.282. The molecule has 3 heterocycles. The molecule has 0 amide bonds. The highest BCUT2D eigenvalue weighted by molar-refractivity contribution is 6.09. The number of benzene rings is 1. The Kier molecular flexibility index (Phi) is 6.16. The second-order valence-corrected chi connectivity index (χ2v) is 7.72. The number of aromatic nitrogens is 6. The first-order valence-corrected chi connectivity index (χ1v) is 10.6. The Morgan fingerprint density at radius 1 is 1.12 bits per heavy atom. The fraction of sp³-hybridized carbons (Fsp3) is 0.304. The van der Waals surface area contributed by atoms with E-state index in [0.717, 1.165) is 33.4 Å². The highest BCUT2D eigenvalue weighted by Gasteiger charge is 2.14. The predicted molar refractivity (Wildman–Crippen MR) is 127 cm³/mol. The van der Waals surface area contributed by atoms with Gasteiger partial charge in [0, 0.05) is 49.4 Å². The number of tetrazole rings is 1. The van der Waals surface area contributed by atoms with Gasteiger partial charge in [0.05, 0.1) is 11.4 Å². The second kappa shape index (κ2) is 9.19. The molecule has 0 unspecified atom stereocenters. The third-order valence-corrected chi connectivity index (χ3v) is 5.46. The highest BCUT2D eigenvalue weighted by Crippen LogP contribution is 2.20. The van der Waals surface area contributed by atoms with Crippen LogP contribution in [0, 0.1) is 6.92 Å². The van der Waals surface area contributed by atoms with Crippen molar-refractivity contribution in [2.75, 3.05) is 0 Å². The summed E-state index contributed by atoms with van der Waals surface area (Å²) >= 11 is 0. The molecule has 0 aliphatic heterocycles. The molecule has 170 valence electrons. The summed E-state index contributed by atoms with van der Waals surface area (Å²) in [6, 6.07) is 9.58. The first-order chi connectivity index (χ1) is 15.9. The Morgan fingerprint density at radius 2 is 1.94 bits per heavy atom. The van der Waals surface area contributed by atoms with Crippen molar-refractivity contribution in [2.24, 2.45) is 24.3 Å². The van der Waals surface area contributed by atoms with Crippen molar-refractivity contribution in [2.45, 2.75) is 33.8 Å². The van der Waals surface area contributed by atoms with Gasteiger partial charge in [-0.1, -0.05) is 19.1 Å². The minimum absolute atomic E-state index is 0.227. The zero-order chi connectivity index (χ0) is 23.5. The Bertz CT molecular complexity index is 1420. The largest absolute Gasteiger partial charge is 0.475 e. The van der Waals surface area contributed by atoms with Gasteiger partial charge < -0.3 is 9.30 Å². The van der Waals surface area contributed by atoms with Crippen LogP contribution in [0.5, 0.6) is 0 Å². The van der Waals surface area contributed by atoms with Gasteiger partial charge in [0.15, 0.2) is 0 Å². The highest BCUT2D eigenvalue weighted by atomic mass is 16.5. The van der Waals surface area contributed by atoms with Crippen LogP contribution >= 0.6 is 0 Å². The van der Waals surface area contributed by atoms with E-state index in [-0.39, 0.29) is 12.3 Å². The van der Waals surface area contributed by atoms with Crippen LogP contribution in [-0.4, -0.2) is 41.0 Å². The Labute approximate surface area is 190 Å². The van der Waals surface area contributed by atoms with Crippen LogP contribution in [0.1, 0.15) is 37.0 Å². The van der Waals surface area contributed by atoms with Gasteiger partial charge in [-0.15, -0.1) is 5.10 Å². The number of pyridine rings is 1. The Hall–Kier alpha value is -4.08. The van der Waals surface area contributed by atoms with Gasteiger partial charge in [-0.05, 0) is 48.0 Å². The van der Waals surface area contributed by atoms with E-state index in [1.165, 1.54) is 9.36 Å². The monoisotopic (exact) mass is 446 g/mol. The molecule has 33 heavy (non-hydrogen) atoms. The van der Waals surface area contributed by atoms with Crippen LogP contribution in [0.25, 0.3) is 16.7 Å². The molecule has 10 heteroatoms. The van der Waals surface area contributed by atoms with Crippen LogP contribution in [0.2, 0.25) is 0 Å². The summed E-state index contributed by atoms with van der Waals surface area (Å²) in [5, 5.41) is 17.6. The summed E-state index contributed by atoms with van der Waals surface area (Å²) in [7, 11) is 3.52. The van der Waals surface area contributed by atoms with Gasteiger partial charge in [-0.25, -0.2) is 9.78 Å². The molecule has 0 saturated carbocycles. The molecule has 0 bridgehead atoms. The van der Waals surface area contributed by atoms with E-state index in [1.807, 2.05) is 68.9 Å². The summed E-state index contributed by atoms with van der Waals surface area (Å²) < 4.78 is 10.4. The summed E-state index contributed by atoms with van der Waals surface area (Å²) in [5.41, 5.74) is 4.76. The van der Waals surface area contributed by atoms with Crippen LogP contribution in [-0.2, 0) is 25.4 Å². The minimum atomic E-state index is -0.323. The number of rotatable bonds is 6. The van der Waals surface area contributed by atoms with Gasteiger partial charge in [0.1, 0.15) is 12.3 Å². The maximum absolute atomic E-state index is 12.3. The van der Waals surface area contributed by atoms with Crippen molar-refractivity contribution < 1.29 is 4.74 Å². The molecule has 0 radical (unpaired) electrons. The first kappa shape index (κ1) is 22.1. The molecule has 3 aromatic heterocycles. The Balaban J connectivity index is 1.59. The molecule has 0 fully saturated rings. The number of ether oxygens (including phenoxy) is 1. The maximum Gasteiger partial charge on any atom is 0.368 e. The number of hydrogen-bond donors (Lipinski definition) is 0. The smallest absolute Gasteiger partial charge is 0.368 e. The lowest BCUT2D eigenvalue weighted by Gasteiger charge is -2.13. The van der Waals surface area contributed by atoms with Gasteiger partial charge in [-0.3, -0.25) is 0 Å². The molecule has 10 nitrogen and oxygen atoms in total. The topological polar surface area (TPSA) is 104 Å². The number of nitrogens with zero attached hydrogens (tertiary/aromatic N) is 8. The molecule has 4 aromatic rings. The van der Waals surface area contributed by atoms with Crippen LogP contribution in [0.4, 0.5) is 0 Å². The van der Waals surface area contributed by atoms with Crippen molar-refractivity contribution >= 4 is 22.6 Å². The normalized spacial score (nSPS) is 12.5. The third-order valence-electron chi connectivity index (χ3n) is 5.46. The fourth-order valence-electron chi connectivity index (χ4n) is 3.58. The van der Waals surface area contributed by atoms with E-state index in [1.54, 1.807) is 13.2 Å². The summed E-state index contributed by atoms with van der Waals surface area (Å²) in [4.78, 5) is 16.8. The van der Waals surface area contributed by atoms with E-state index >= 15 is 0 Å². The standard InChI is InChI=1S/C23H26N8O2/c1-6-21(26-25-16(3)18-13-29(4)22-17(18)10-8-12-24-22)33-14-19-15(2)9-7-11-20(19)31-23(32)30(5)27-28-31/h7-13H,6,14H2,1-5H3/b25-16-,26-21-. The number of fused-ring (bicyclic) bond motifs is 1. The van der Waals surface area contributed by atoms with E-state index in [0.29, 0.717) is 18.0 Å². The van der Waals surface area contributed by atoms with E-state index in [9.17, 15) is 4.79 Å². The second-order valence-electron chi connectivity index (χ2n) is 7.72. The molecular formula is C23H26N8O2. The first-order valence-electron chi connectivity index (χ1n) is 10.6. The molecule has 4 rings (SSSR count). The molecule has 0 aliphatic rings. The quantitative estimate of drug-likeness (QED) is 0.257. The predicted octanol–water partition coefficient (Wildman–Crippen LogP) is 2.91. The Morgan fingerprint density at radius 3 is 2.67 bits per heavy atom. The van der Waals surface area contributed by atoms with E-state index in [2.05, 4.69) is 25.6 Å². The van der Waals surface area contributed by atoms with Crippen LogP contribution in [0.3, 0.4) is 0 Å². The van der Waals surface area contributed by atoms with Gasteiger partial charge in [0.2, 0.25) is 5.90 Å². The average Bonchev–Trinajstić information content (AvgIpc) is 3.33. The SMILES string of the molecule is CC/C(=N/N=C(/C)c1cn(C)c2ncccc12)OCc1c(C)cccc1-n1nnn(C)c1=O. The maximum atomic E-state index is 12.3. The minimum Gasteiger partial charge on any atom is -0.475 e. The van der Waals surface area contributed by atoms with Gasteiger partial charge in [-0.2, -0.15) is 14.5 Å². The fourth-order valence-corrected chi connectivity index (χ4v) is 3.58. The molecule has 1 aromatic carbocycles. The molecule has 0 spiro atoms. The zero-order valence-electron chi connectivity index (χ0n) is 19.3. The molecule has 0 N–H and O–H groups in total. The van der Waals surface area contributed by atoms with E-state index in [4.69, 9.17) is 4.74 Å². The lowest BCUT2D eigenvalue weighted by atomic mass is 10.1. The van der Waals surface area contributed by atoms with Crippen molar-refractivity contribution in [3.8, 4) is 5.69 Å². The zero-order valence-corrected chi connectivity index (χ0v) is 19.3. The molecule has 0 aliphatic carbocycles. The van der Waals surface area contributed by atoms with Crippen LogP contribution < -0.4 is 5.69 Å². The average molecular weight is 447 g/mol. The molecule has 0 atom stereocenters. The lowest BCUT2D eigenvalue weighted by Crippen LogP contribution is -2.23. The number of hydrogen-bond acceptors (Lipinski definition) is 7. The summed E-state index contributed by atoms with van der Waals surface area (Å²) in [6.45, 7) is 6.06. The van der Waals surface area contributed by atoms with Crippen LogP contribution in [0.15, 0.2) is 57.7 Å². The van der Waals surface area contributed by atoms with Gasteiger partial charge in [0.25, 0.3) is 0 Å². The van der Waals surface area contributed by atoms with Crippen molar-refractivity contribution in [1.29, 1.82) is 0 Å². The third kappa shape index (κ3) is 4.32. The number of aryl methyl sites for hydroxylation is 3. The van der Waals surface area contributed by atoms with Crippen molar-refractivity contribution in [1.82, 2.24) is 29.3 Å². The summed E-state index contributed by atoms with van der Waals surface area (Å²) in [6.07, 6.45) is 4.34. The van der Waals surface area contributed by atoms with Gasteiger partial charge >= 0.3 is 5.69 Å². The van der Waals surface area contributed by atoms with Crippen molar-refractivity contribution in [3.63, 3.8) is 0 Å². The molecular weight excluding hydrogens is 420 g/mol. The molecule has 0 saturated heterocycles. The van der Waals surface area contributed by atoms with Crippen molar-refractivity contribution in [3.05, 3.63) is 69.9 Å².